The summed E-state index contributed by atoms with van der Waals surface area (Å²) in [4.78, 5) is 11.2. The summed E-state index contributed by atoms with van der Waals surface area (Å²) in [5.74, 6) is 0.335. The lowest BCUT2D eigenvalue weighted by Gasteiger charge is -2.05. The SMILES string of the molecule is Nc1c(OP)c2ccccc2oc1=O. The first-order valence-electron chi connectivity index (χ1n) is 3.92. The van der Waals surface area contributed by atoms with Crippen LogP contribution in [0.4, 0.5) is 5.69 Å². The molecule has 72 valence electrons. The van der Waals surface area contributed by atoms with Crippen LogP contribution in [0.25, 0.3) is 11.0 Å². The van der Waals surface area contributed by atoms with Crippen molar-refractivity contribution in [3.63, 3.8) is 0 Å². The first-order valence-corrected chi connectivity index (χ1v) is 4.39. The number of fused-ring (bicyclic) bond motifs is 1. The Balaban J connectivity index is 2.96. The van der Waals surface area contributed by atoms with E-state index in [1.807, 2.05) is 6.07 Å². The maximum Gasteiger partial charge on any atom is 0.363 e. The van der Waals surface area contributed by atoms with Gasteiger partial charge in [-0.3, -0.25) is 0 Å². The number of nitrogens with two attached hydrogens (primary N) is 1. The molecule has 1 unspecified atom stereocenters. The maximum atomic E-state index is 11.2. The molecule has 0 fully saturated rings. The van der Waals surface area contributed by atoms with Crippen molar-refractivity contribution in [1.29, 1.82) is 0 Å². The van der Waals surface area contributed by atoms with Crippen molar-refractivity contribution in [2.75, 3.05) is 5.73 Å². The zero-order valence-corrected chi connectivity index (χ0v) is 8.34. The fraction of sp³-hybridized carbons (Fsp3) is 0. The molecule has 0 spiro atoms. The molecule has 1 aromatic carbocycles. The second kappa shape index (κ2) is 3.31. The molecule has 14 heavy (non-hydrogen) atoms. The standard InChI is InChI=1S/C9H8NO3P/c10-7-8(13-14)5-3-1-2-4-6(5)12-9(7)11/h1-4H,10,14H2. The summed E-state index contributed by atoms with van der Waals surface area (Å²) in [7, 11) is 2.06. The van der Waals surface area contributed by atoms with E-state index >= 15 is 0 Å². The summed E-state index contributed by atoms with van der Waals surface area (Å²) in [6, 6.07) is 7.04. The zero-order valence-electron chi connectivity index (χ0n) is 7.19. The van der Waals surface area contributed by atoms with Crippen LogP contribution in [0.15, 0.2) is 33.5 Å². The van der Waals surface area contributed by atoms with Crippen LogP contribution < -0.4 is 15.9 Å². The van der Waals surface area contributed by atoms with Crippen LogP contribution in [0.5, 0.6) is 5.75 Å². The molecule has 0 aliphatic heterocycles. The van der Waals surface area contributed by atoms with Gasteiger partial charge in [0.2, 0.25) is 0 Å². The average Bonchev–Trinajstić information content (AvgIpc) is 2.20. The number of rotatable bonds is 1. The average molecular weight is 209 g/mol. The molecule has 0 aliphatic carbocycles. The summed E-state index contributed by atoms with van der Waals surface area (Å²) in [6.07, 6.45) is 0. The number of nitrogen functional groups attached to an aromatic ring is 1. The molecule has 1 atom stereocenters. The van der Waals surface area contributed by atoms with Gasteiger partial charge in [0.1, 0.15) is 5.58 Å². The highest BCUT2D eigenvalue weighted by atomic mass is 31.0. The van der Waals surface area contributed by atoms with Crippen molar-refractivity contribution in [1.82, 2.24) is 0 Å². The second-order valence-electron chi connectivity index (χ2n) is 2.75. The third kappa shape index (κ3) is 1.24. The molecule has 1 heterocycles. The van der Waals surface area contributed by atoms with Crippen molar-refractivity contribution in [2.24, 2.45) is 0 Å². The van der Waals surface area contributed by atoms with Crippen LogP contribution >= 0.6 is 9.47 Å². The van der Waals surface area contributed by atoms with Gasteiger partial charge in [-0.25, -0.2) is 4.79 Å². The Morgan fingerprint density at radius 1 is 1.36 bits per heavy atom. The fourth-order valence-electron chi connectivity index (χ4n) is 1.26. The van der Waals surface area contributed by atoms with Crippen molar-refractivity contribution in [2.45, 2.75) is 0 Å². The van der Waals surface area contributed by atoms with Crippen molar-refractivity contribution < 1.29 is 8.94 Å². The van der Waals surface area contributed by atoms with Gasteiger partial charge in [-0.1, -0.05) is 12.1 Å². The summed E-state index contributed by atoms with van der Waals surface area (Å²) in [5.41, 5.74) is 5.38. The molecular formula is C9H8NO3P. The zero-order chi connectivity index (χ0) is 10.1. The Morgan fingerprint density at radius 2 is 2.07 bits per heavy atom. The summed E-state index contributed by atoms with van der Waals surface area (Å²) in [6.45, 7) is 0. The van der Waals surface area contributed by atoms with E-state index in [0.29, 0.717) is 16.7 Å². The van der Waals surface area contributed by atoms with E-state index in [-0.39, 0.29) is 5.69 Å². The molecule has 0 bridgehead atoms. The molecule has 0 saturated carbocycles. The van der Waals surface area contributed by atoms with Crippen LogP contribution in [0.2, 0.25) is 0 Å². The minimum absolute atomic E-state index is 0.0151. The van der Waals surface area contributed by atoms with Gasteiger partial charge in [0, 0.05) is 0 Å². The van der Waals surface area contributed by atoms with Gasteiger partial charge in [-0.15, -0.1) is 0 Å². The van der Waals surface area contributed by atoms with E-state index < -0.39 is 5.63 Å². The quantitative estimate of drug-likeness (QED) is 0.571. The molecule has 0 radical (unpaired) electrons. The van der Waals surface area contributed by atoms with E-state index in [4.69, 9.17) is 14.7 Å². The molecule has 0 aliphatic rings. The fourth-order valence-corrected chi connectivity index (χ4v) is 1.52. The molecule has 1 aromatic heterocycles. The Bertz CT molecular complexity index is 535. The lowest BCUT2D eigenvalue weighted by Crippen LogP contribution is -2.07. The van der Waals surface area contributed by atoms with E-state index in [1.54, 1.807) is 18.2 Å². The van der Waals surface area contributed by atoms with Crippen molar-refractivity contribution in [3.8, 4) is 5.75 Å². The topological polar surface area (TPSA) is 65.5 Å². The van der Waals surface area contributed by atoms with Gasteiger partial charge in [0.25, 0.3) is 0 Å². The normalized spacial score (nSPS) is 10.4. The van der Waals surface area contributed by atoms with Crippen LogP contribution in [-0.2, 0) is 0 Å². The highest BCUT2D eigenvalue weighted by Gasteiger charge is 2.11. The lowest BCUT2D eigenvalue weighted by atomic mass is 10.2. The molecule has 2 aromatic rings. The van der Waals surface area contributed by atoms with Crippen LogP contribution in [0, 0.1) is 0 Å². The molecular weight excluding hydrogens is 201 g/mol. The van der Waals surface area contributed by atoms with Gasteiger partial charge in [-0.2, -0.15) is 0 Å². The number of hydrogen-bond donors (Lipinski definition) is 1. The predicted octanol–water partition coefficient (Wildman–Crippen LogP) is 1.54. The Hall–Kier alpha value is -1.54. The minimum atomic E-state index is -0.582. The largest absolute Gasteiger partial charge is 0.477 e. The Kier molecular flexibility index (Phi) is 2.14. The van der Waals surface area contributed by atoms with Crippen LogP contribution in [0.3, 0.4) is 0 Å². The van der Waals surface area contributed by atoms with E-state index in [2.05, 4.69) is 9.47 Å². The van der Waals surface area contributed by atoms with Crippen molar-refractivity contribution >= 4 is 26.1 Å². The molecule has 5 heteroatoms. The summed E-state index contributed by atoms with van der Waals surface area (Å²) >= 11 is 0. The van der Waals surface area contributed by atoms with Crippen LogP contribution in [0.1, 0.15) is 0 Å². The molecule has 4 nitrogen and oxygen atoms in total. The molecule has 0 saturated heterocycles. The van der Waals surface area contributed by atoms with E-state index in [1.165, 1.54) is 0 Å². The third-order valence-electron chi connectivity index (χ3n) is 1.92. The van der Waals surface area contributed by atoms with Gasteiger partial charge < -0.3 is 14.7 Å². The molecule has 2 rings (SSSR count). The smallest absolute Gasteiger partial charge is 0.363 e. The monoisotopic (exact) mass is 209 g/mol. The minimum Gasteiger partial charge on any atom is -0.477 e. The number of benzene rings is 1. The molecule has 0 amide bonds. The Labute approximate surface area is 81.9 Å². The van der Waals surface area contributed by atoms with E-state index in [9.17, 15) is 4.79 Å². The summed E-state index contributed by atoms with van der Waals surface area (Å²) < 4.78 is 9.94. The van der Waals surface area contributed by atoms with Crippen LogP contribution in [-0.4, -0.2) is 0 Å². The highest BCUT2D eigenvalue weighted by molar-refractivity contribution is 7.10. The van der Waals surface area contributed by atoms with Crippen molar-refractivity contribution in [3.05, 3.63) is 34.7 Å². The number of para-hydroxylation sites is 1. The van der Waals surface area contributed by atoms with Gasteiger partial charge in [0.15, 0.2) is 11.4 Å². The lowest BCUT2D eigenvalue weighted by molar-refractivity contribution is 0.552. The van der Waals surface area contributed by atoms with Gasteiger partial charge >= 0.3 is 5.63 Å². The number of anilines is 1. The number of hydrogen-bond acceptors (Lipinski definition) is 4. The maximum absolute atomic E-state index is 11.2. The predicted molar refractivity (Wildman–Crippen MR) is 57.2 cm³/mol. The highest BCUT2D eigenvalue weighted by Crippen LogP contribution is 2.29. The first-order chi connectivity index (χ1) is 6.74. The summed E-state index contributed by atoms with van der Waals surface area (Å²) in [5, 5.41) is 0.680. The first kappa shape index (κ1) is 9.03. The van der Waals surface area contributed by atoms with Gasteiger partial charge in [-0.05, 0) is 12.1 Å². The second-order valence-corrected chi connectivity index (χ2v) is 2.98. The van der Waals surface area contributed by atoms with Gasteiger partial charge in [0.05, 0.1) is 14.9 Å². The third-order valence-corrected chi connectivity index (χ3v) is 2.15. The molecule has 2 N–H and O–H groups in total. The van der Waals surface area contributed by atoms with E-state index in [0.717, 1.165) is 0 Å². The Morgan fingerprint density at radius 3 is 2.79 bits per heavy atom.